The topological polar surface area (TPSA) is 169 Å². The van der Waals surface area contributed by atoms with Gasteiger partial charge in [0.25, 0.3) is 0 Å². The summed E-state index contributed by atoms with van der Waals surface area (Å²) >= 11 is 0. The Bertz CT molecular complexity index is 651. The van der Waals surface area contributed by atoms with E-state index in [2.05, 4.69) is 13.2 Å². The highest BCUT2D eigenvalue weighted by atomic mass is 16.6. The highest BCUT2D eigenvalue weighted by molar-refractivity contribution is 5.87. The van der Waals surface area contributed by atoms with E-state index in [0.29, 0.717) is 0 Å². The first kappa shape index (κ1) is 31.2. The van der Waals surface area contributed by atoms with Crippen molar-refractivity contribution in [1.82, 2.24) is 4.90 Å². The summed E-state index contributed by atoms with van der Waals surface area (Å²) in [4.78, 5) is 47.9. The molecule has 0 saturated heterocycles. The van der Waals surface area contributed by atoms with E-state index in [-0.39, 0.29) is 76.7 Å². The summed E-state index contributed by atoms with van der Waals surface area (Å²) in [6.45, 7) is 8.64. The van der Waals surface area contributed by atoms with Crippen LogP contribution in [0.15, 0.2) is 24.3 Å². The molecule has 2 atom stereocenters. The number of hydrogen-bond donors (Lipinski definition) is 3. The average molecular weight is 490 g/mol. The predicted molar refractivity (Wildman–Crippen MR) is 118 cm³/mol. The molecule has 0 aromatic carbocycles. The third kappa shape index (κ3) is 15.9. The van der Waals surface area contributed by atoms with Crippen LogP contribution in [0.3, 0.4) is 0 Å². The molecule has 0 bridgehead atoms. The minimum absolute atomic E-state index is 0.0693. The number of ether oxygens (including phenoxy) is 4. The van der Waals surface area contributed by atoms with Crippen LogP contribution in [-0.4, -0.2) is 109 Å². The fourth-order valence-corrected chi connectivity index (χ4v) is 2.18. The number of aliphatic hydroxyl groups excluding tert-OH is 3. The second kappa shape index (κ2) is 17.6. The van der Waals surface area contributed by atoms with Gasteiger partial charge >= 0.3 is 23.9 Å². The van der Waals surface area contributed by atoms with E-state index < -0.39 is 36.1 Å². The lowest BCUT2D eigenvalue weighted by molar-refractivity contribution is -0.151. The van der Waals surface area contributed by atoms with Crippen molar-refractivity contribution >= 4 is 23.9 Å². The van der Waals surface area contributed by atoms with Gasteiger partial charge in [-0.15, -0.1) is 0 Å². The van der Waals surface area contributed by atoms with Crippen LogP contribution in [-0.2, 0) is 38.1 Å². The molecule has 0 saturated carbocycles. The number of hydrogen-bond acceptors (Lipinski definition) is 12. The first-order valence-corrected chi connectivity index (χ1v) is 10.6. The van der Waals surface area contributed by atoms with E-state index in [4.69, 9.17) is 24.1 Å². The lowest BCUT2D eigenvalue weighted by atomic mass is 10.3. The molecule has 0 aliphatic rings. The quantitative estimate of drug-likeness (QED) is 0.123. The molecule has 0 aromatic rings. The third-order valence-corrected chi connectivity index (χ3v) is 4.06. The Morgan fingerprint density at radius 3 is 1.38 bits per heavy atom. The van der Waals surface area contributed by atoms with Gasteiger partial charge in [0.2, 0.25) is 0 Å². The van der Waals surface area contributed by atoms with E-state index >= 15 is 0 Å². The van der Waals surface area contributed by atoms with Gasteiger partial charge in [0.1, 0.15) is 38.6 Å². The van der Waals surface area contributed by atoms with Gasteiger partial charge in [-0.05, 0) is 13.8 Å². The minimum atomic E-state index is -1.18. The molecule has 0 spiro atoms. The van der Waals surface area contributed by atoms with Crippen molar-refractivity contribution in [3.05, 3.63) is 24.3 Å². The van der Waals surface area contributed by atoms with E-state index in [1.807, 2.05) is 0 Å². The van der Waals surface area contributed by atoms with Gasteiger partial charge in [0.05, 0.1) is 19.4 Å². The highest BCUT2D eigenvalue weighted by Crippen LogP contribution is 2.01. The van der Waals surface area contributed by atoms with Crippen molar-refractivity contribution in [1.29, 1.82) is 0 Å². The summed E-state index contributed by atoms with van der Waals surface area (Å²) in [5, 5.41) is 28.5. The van der Waals surface area contributed by atoms with E-state index in [0.717, 1.165) is 0 Å². The van der Waals surface area contributed by atoms with Gasteiger partial charge in [0.15, 0.2) is 0 Å². The van der Waals surface area contributed by atoms with Crippen LogP contribution in [0.4, 0.5) is 0 Å². The molecular formula is C22H35NO11. The molecule has 2 unspecified atom stereocenters. The van der Waals surface area contributed by atoms with Crippen molar-refractivity contribution in [2.75, 3.05) is 52.7 Å². The Hall–Kier alpha value is -2.80. The van der Waals surface area contributed by atoms with Crippen LogP contribution in [0.5, 0.6) is 0 Å². The highest BCUT2D eigenvalue weighted by Gasteiger charge is 2.16. The number of nitrogens with zero attached hydrogens (tertiary/aromatic N) is 1. The molecule has 12 heteroatoms. The number of aliphatic hydroxyl groups is 3. The molecule has 0 aromatic heterocycles. The first-order chi connectivity index (χ1) is 16.0. The maximum absolute atomic E-state index is 11.9. The lowest BCUT2D eigenvalue weighted by Crippen LogP contribution is -2.33. The molecule has 0 amide bonds. The predicted octanol–water partition coefficient (Wildman–Crippen LogP) is -0.892. The molecule has 0 aliphatic carbocycles. The van der Waals surface area contributed by atoms with Gasteiger partial charge in [-0.25, -0.2) is 9.59 Å². The minimum Gasteiger partial charge on any atom is -0.463 e. The Kier molecular flexibility index (Phi) is 16.2. The second-order valence-electron chi connectivity index (χ2n) is 7.50. The van der Waals surface area contributed by atoms with E-state index in [1.165, 1.54) is 13.8 Å². The molecule has 34 heavy (non-hydrogen) atoms. The smallest absolute Gasteiger partial charge is 0.333 e. The maximum Gasteiger partial charge on any atom is 0.333 e. The third-order valence-electron chi connectivity index (χ3n) is 4.06. The first-order valence-electron chi connectivity index (χ1n) is 10.6. The van der Waals surface area contributed by atoms with Crippen molar-refractivity contribution in [2.24, 2.45) is 0 Å². The molecule has 3 N–H and O–H groups in total. The van der Waals surface area contributed by atoms with Crippen LogP contribution in [0, 0.1) is 0 Å². The van der Waals surface area contributed by atoms with Crippen molar-refractivity contribution < 1.29 is 53.4 Å². The fourth-order valence-electron chi connectivity index (χ4n) is 2.18. The molecule has 0 heterocycles. The molecule has 194 valence electrons. The van der Waals surface area contributed by atoms with Crippen LogP contribution in [0.2, 0.25) is 0 Å². The fraction of sp³-hybridized carbons (Fsp3) is 0.636. The standard InChI is InChI=1S/C22H35NO11/c1-15(2)21(29)33-13-17(25)11-31-19(27)5-7-23(9-10-24)8-6-20(28)32-12-18(26)14-34-22(30)16(3)4/h17-18,24-26H,1,3,5-14H2,2,4H3. The van der Waals surface area contributed by atoms with Crippen molar-refractivity contribution in [3.8, 4) is 0 Å². The van der Waals surface area contributed by atoms with Gasteiger partial charge < -0.3 is 34.3 Å². The number of rotatable bonds is 18. The van der Waals surface area contributed by atoms with Crippen LogP contribution in [0.25, 0.3) is 0 Å². The summed E-state index contributed by atoms with van der Waals surface area (Å²) < 4.78 is 19.3. The van der Waals surface area contributed by atoms with Gasteiger partial charge in [0, 0.05) is 30.8 Å². The summed E-state index contributed by atoms with van der Waals surface area (Å²) in [6.07, 6.45) is -2.51. The van der Waals surface area contributed by atoms with Gasteiger partial charge in [-0.3, -0.25) is 14.5 Å². The van der Waals surface area contributed by atoms with Crippen LogP contribution in [0.1, 0.15) is 26.7 Å². The monoisotopic (exact) mass is 489 g/mol. The number of carbonyl (C=O) groups excluding carboxylic acids is 4. The summed E-state index contributed by atoms with van der Waals surface area (Å²) in [5.74, 6) is -2.57. The lowest BCUT2D eigenvalue weighted by Gasteiger charge is -2.20. The number of esters is 4. The zero-order chi connectivity index (χ0) is 26.1. The maximum atomic E-state index is 11.9. The zero-order valence-electron chi connectivity index (χ0n) is 19.7. The molecule has 0 rings (SSSR count). The summed E-state index contributed by atoms with van der Waals surface area (Å²) in [6, 6.07) is 0. The zero-order valence-corrected chi connectivity index (χ0v) is 19.7. The van der Waals surface area contributed by atoms with Crippen LogP contribution < -0.4 is 0 Å². The molecule has 0 radical (unpaired) electrons. The Labute approximate surface area is 198 Å². The van der Waals surface area contributed by atoms with Gasteiger partial charge in [-0.1, -0.05) is 13.2 Å². The van der Waals surface area contributed by atoms with Gasteiger partial charge in [-0.2, -0.15) is 0 Å². The Morgan fingerprint density at radius 2 is 1.06 bits per heavy atom. The average Bonchev–Trinajstić information content (AvgIpc) is 2.79. The summed E-state index contributed by atoms with van der Waals surface area (Å²) in [5.41, 5.74) is 0.356. The molecular weight excluding hydrogens is 454 g/mol. The molecule has 0 fully saturated rings. The van der Waals surface area contributed by atoms with E-state index in [9.17, 15) is 29.4 Å². The second-order valence-corrected chi connectivity index (χ2v) is 7.50. The normalized spacial score (nSPS) is 12.4. The summed E-state index contributed by atoms with van der Waals surface area (Å²) in [7, 11) is 0. The largest absolute Gasteiger partial charge is 0.463 e. The molecule has 12 nitrogen and oxygen atoms in total. The number of carbonyl (C=O) groups is 4. The molecule has 0 aliphatic heterocycles. The SMILES string of the molecule is C=C(C)C(=O)OCC(O)COC(=O)CCN(CCO)CCC(=O)OCC(O)COC(=O)C(=C)C. The van der Waals surface area contributed by atoms with E-state index in [1.54, 1.807) is 4.90 Å². The van der Waals surface area contributed by atoms with Crippen molar-refractivity contribution in [2.45, 2.75) is 38.9 Å². The van der Waals surface area contributed by atoms with Crippen molar-refractivity contribution in [3.63, 3.8) is 0 Å². The Balaban J connectivity index is 4.18. The van der Waals surface area contributed by atoms with Crippen LogP contribution >= 0.6 is 0 Å². The Morgan fingerprint density at radius 1 is 0.706 bits per heavy atom.